The molecule has 0 saturated carbocycles. The second kappa shape index (κ2) is 10.3. The maximum absolute atomic E-state index is 13.0. The molecule has 9 heteroatoms. The number of ether oxygens (including phenoxy) is 1. The van der Waals surface area contributed by atoms with Gasteiger partial charge in [-0.1, -0.05) is 23.9 Å². The number of hydrogen-bond donors (Lipinski definition) is 1. The third kappa shape index (κ3) is 5.47. The number of esters is 1. The van der Waals surface area contributed by atoms with Gasteiger partial charge in [-0.2, -0.15) is 0 Å². The Balaban J connectivity index is 1.83. The average Bonchev–Trinajstić information content (AvgIpc) is 2.78. The fraction of sp³-hybridized carbons (Fsp3) is 0.304. The maximum atomic E-state index is 13.0. The lowest BCUT2D eigenvalue weighted by Crippen LogP contribution is -2.27. The molecule has 0 fully saturated rings. The Labute approximate surface area is 190 Å². The van der Waals surface area contributed by atoms with Gasteiger partial charge in [0.25, 0.3) is 5.56 Å². The van der Waals surface area contributed by atoms with Gasteiger partial charge < -0.3 is 15.0 Å². The van der Waals surface area contributed by atoms with E-state index in [4.69, 9.17) is 4.74 Å². The smallest absolute Gasteiger partial charge is 0.307 e. The van der Waals surface area contributed by atoms with Crippen molar-refractivity contribution in [2.24, 2.45) is 0 Å². The normalized spacial score (nSPS) is 11.8. The minimum atomic E-state index is -0.527. The molecular formula is C23H26N4O4S. The number of amides is 1. The van der Waals surface area contributed by atoms with Crippen LogP contribution in [0.25, 0.3) is 10.9 Å². The van der Waals surface area contributed by atoms with Crippen LogP contribution < -0.4 is 15.8 Å². The summed E-state index contributed by atoms with van der Waals surface area (Å²) in [4.78, 5) is 44.0. The number of carbonyl (C=O) groups is 2. The molecule has 0 bridgehead atoms. The summed E-state index contributed by atoms with van der Waals surface area (Å²) in [5.41, 5.74) is 2.00. The number of aromatic nitrogens is 2. The quantitative estimate of drug-likeness (QED) is 0.317. The predicted octanol–water partition coefficient (Wildman–Crippen LogP) is 3.14. The lowest BCUT2D eigenvalue weighted by molar-refractivity contribution is -0.140. The highest BCUT2D eigenvalue weighted by Crippen LogP contribution is 2.24. The Bertz CT molecular complexity index is 1170. The summed E-state index contributed by atoms with van der Waals surface area (Å²) < 4.78 is 6.13. The summed E-state index contributed by atoms with van der Waals surface area (Å²) >= 11 is 1.17. The Morgan fingerprint density at radius 1 is 1.16 bits per heavy atom. The number of rotatable bonds is 8. The van der Waals surface area contributed by atoms with Crippen LogP contribution in [0.15, 0.2) is 58.5 Å². The van der Waals surface area contributed by atoms with Gasteiger partial charge in [-0.15, -0.1) is 0 Å². The van der Waals surface area contributed by atoms with E-state index in [1.165, 1.54) is 23.4 Å². The van der Waals surface area contributed by atoms with Crippen LogP contribution in [-0.4, -0.2) is 47.9 Å². The van der Waals surface area contributed by atoms with E-state index < -0.39 is 11.2 Å². The second-order valence-electron chi connectivity index (χ2n) is 7.39. The molecule has 8 nitrogen and oxygen atoms in total. The van der Waals surface area contributed by atoms with E-state index in [2.05, 4.69) is 10.3 Å². The zero-order chi connectivity index (χ0) is 23.3. The van der Waals surface area contributed by atoms with Crippen LogP contribution in [0.3, 0.4) is 0 Å². The number of para-hydroxylation sites is 1. The van der Waals surface area contributed by atoms with E-state index in [9.17, 15) is 14.4 Å². The SMILES string of the molecule is COC(=O)CCn1c(S[C@H](C)C(=O)Nc2ccc(N(C)C)cc2)nc2ccccc2c1=O. The summed E-state index contributed by atoms with van der Waals surface area (Å²) in [5.74, 6) is -0.637. The first-order valence-electron chi connectivity index (χ1n) is 10.1. The van der Waals surface area contributed by atoms with Crippen LogP contribution in [-0.2, 0) is 20.9 Å². The summed E-state index contributed by atoms with van der Waals surface area (Å²) in [6.07, 6.45) is 0.0305. The molecule has 0 saturated heterocycles. The number of nitrogens with zero attached hydrogens (tertiary/aromatic N) is 3. The molecule has 0 aliphatic heterocycles. The van der Waals surface area contributed by atoms with Gasteiger partial charge in [0.1, 0.15) is 0 Å². The summed E-state index contributed by atoms with van der Waals surface area (Å²) in [6.45, 7) is 1.87. The van der Waals surface area contributed by atoms with Crippen LogP contribution in [0.2, 0.25) is 0 Å². The molecule has 0 aliphatic rings. The van der Waals surface area contributed by atoms with E-state index in [0.717, 1.165) is 5.69 Å². The van der Waals surface area contributed by atoms with Gasteiger partial charge in [-0.05, 0) is 43.3 Å². The molecule has 0 radical (unpaired) electrons. The first-order chi connectivity index (χ1) is 15.3. The summed E-state index contributed by atoms with van der Waals surface area (Å²) in [6, 6.07) is 14.5. The standard InChI is InChI=1S/C23H26N4O4S/c1-15(21(29)24-16-9-11-17(12-10-16)26(2)3)32-23-25-19-8-6-5-7-18(19)22(30)27(23)14-13-20(28)31-4/h5-12,15H,13-14H2,1-4H3,(H,24,29)/t15-/m1/s1. The highest BCUT2D eigenvalue weighted by atomic mass is 32.2. The van der Waals surface area contributed by atoms with Crippen molar-refractivity contribution >= 4 is 45.9 Å². The van der Waals surface area contributed by atoms with Gasteiger partial charge in [0.15, 0.2) is 5.16 Å². The number of carbonyl (C=O) groups excluding carboxylic acids is 2. The highest BCUT2D eigenvalue weighted by molar-refractivity contribution is 8.00. The van der Waals surface area contributed by atoms with Crippen LogP contribution in [0.1, 0.15) is 13.3 Å². The van der Waals surface area contributed by atoms with Crippen molar-refractivity contribution in [3.05, 3.63) is 58.9 Å². The van der Waals surface area contributed by atoms with Crippen molar-refractivity contribution in [1.29, 1.82) is 0 Å². The highest BCUT2D eigenvalue weighted by Gasteiger charge is 2.20. The molecule has 1 heterocycles. The van der Waals surface area contributed by atoms with Gasteiger partial charge >= 0.3 is 5.97 Å². The number of nitrogens with one attached hydrogen (secondary N) is 1. The Kier molecular flexibility index (Phi) is 7.53. The monoisotopic (exact) mass is 454 g/mol. The zero-order valence-electron chi connectivity index (χ0n) is 18.5. The van der Waals surface area contributed by atoms with Crippen LogP contribution in [0.4, 0.5) is 11.4 Å². The Morgan fingerprint density at radius 3 is 2.50 bits per heavy atom. The number of anilines is 2. The Morgan fingerprint density at radius 2 is 1.84 bits per heavy atom. The van der Waals surface area contributed by atoms with Crippen molar-refractivity contribution < 1.29 is 14.3 Å². The molecule has 168 valence electrons. The minimum Gasteiger partial charge on any atom is -0.469 e. The van der Waals surface area contributed by atoms with Crippen molar-refractivity contribution in [2.45, 2.75) is 30.3 Å². The van der Waals surface area contributed by atoms with Gasteiger partial charge in [0.05, 0.1) is 29.7 Å². The zero-order valence-corrected chi connectivity index (χ0v) is 19.3. The summed E-state index contributed by atoms with van der Waals surface area (Å²) in [5, 5.41) is 3.20. The molecule has 0 unspecified atom stereocenters. The number of methoxy groups -OCH3 is 1. The number of fused-ring (bicyclic) bond motifs is 1. The van der Waals surface area contributed by atoms with E-state index in [0.29, 0.717) is 21.7 Å². The molecule has 1 aromatic heterocycles. The number of hydrogen-bond acceptors (Lipinski definition) is 7. The van der Waals surface area contributed by atoms with Crippen LogP contribution in [0, 0.1) is 0 Å². The summed E-state index contributed by atoms with van der Waals surface area (Å²) in [7, 11) is 5.20. The number of benzene rings is 2. The van der Waals surface area contributed by atoms with Crippen molar-refractivity contribution in [2.75, 3.05) is 31.4 Å². The van der Waals surface area contributed by atoms with Gasteiger partial charge in [0, 0.05) is 32.0 Å². The van der Waals surface area contributed by atoms with Crippen molar-refractivity contribution in [3.8, 4) is 0 Å². The average molecular weight is 455 g/mol. The molecule has 3 aromatic rings. The first kappa shape index (κ1) is 23.3. The molecule has 3 rings (SSSR count). The molecule has 1 N–H and O–H groups in total. The lowest BCUT2D eigenvalue weighted by Gasteiger charge is -2.17. The number of thioether (sulfide) groups is 1. The van der Waals surface area contributed by atoms with Crippen molar-refractivity contribution in [3.63, 3.8) is 0 Å². The second-order valence-corrected chi connectivity index (χ2v) is 8.69. The van der Waals surface area contributed by atoms with E-state index in [1.807, 2.05) is 43.3 Å². The molecule has 1 atom stereocenters. The third-order valence-corrected chi connectivity index (χ3v) is 5.99. The van der Waals surface area contributed by atoms with E-state index >= 15 is 0 Å². The molecule has 2 aromatic carbocycles. The van der Waals surface area contributed by atoms with Gasteiger partial charge in [-0.3, -0.25) is 19.0 Å². The van der Waals surface area contributed by atoms with E-state index in [1.54, 1.807) is 31.2 Å². The fourth-order valence-electron chi connectivity index (χ4n) is 3.04. The van der Waals surface area contributed by atoms with Gasteiger partial charge in [-0.25, -0.2) is 4.98 Å². The van der Waals surface area contributed by atoms with Gasteiger partial charge in [0.2, 0.25) is 5.91 Å². The van der Waals surface area contributed by atoms with Crippen LogP contribution in [0.5, 0.6) is 0 Å². The lowest BCUT2D eigenvalue weighted by atomic mass is 10.2. The molecule has 32 heavy (non-hydrogen) atoms. The van der Waals surface area contributed by atoms with Crippen molar-refractivity contribution in [1.82, 2.24) is 9.55 Å². The fourth-order valence-corrected chi connectivity index (χ4v) is 3.97. The molecule has 1 amide bonds. The van der Waals surface area contributed by atoms with E-state index in [-0.39, 0.29) is 24.4 Å². The molecule has 0 aliphatic carbocycles. The molecular weight excluding hydrogens is 428 g/mol. The first-order valence-corrected chi connectivity index (χ1v) is 11.0. The minimum absolute atomic E-state index is 0.0305. The van der Waals surface area contributed by atoms with Crippen LogP contribution >= 0.6 is 11.8 Å². The Hall–Kier alpha value is -3.33. The predicted molar refractivity (Wildman–Crippen MR) is 127 cm³/mol. The topological polar surface area (TPSA) is 93.5 Å². The third-order valence-electron chi connectivity index (χ3n) is 4.90. The maximum Gasteiger partial charge on any atom is 0.307 e. The largest absolute Gasteiger partial charge is 0.469 e. The molecule has 0 spiro atoms.